The number of rotatable bonds is 4. The van der Waals surface area contributed by atoms with Crippen molar-refractivity contribution in [3.8, 4) is 22.6 Å². The number of aromatic nitrogens is 2. The van der Waals surface area contributed by atoms with E-state index in [-0.39, 0.29) is 10.8 Å². The second kappa shape index (κ2) is 7.83. The van der Waals surface area contributed by atoms with Crippen LogP contribution in [0.4, 0.5) is 0 Å². The topological polar surface area (TPSA) is 52.1 Å². The highest BCUT2D eigenvalue weighted by Crippen LogP contribution is 2.34. The molecule has 4 heteroatoms. The van der Waals surface area contributed by atoms with Gasteiger partial charge >= 0.3 is 0 Å². The van der Waals surface area contributed by atoms with Crippen molar-refractivity contribution < 1.29 is 8.83 Å². The first-order chi connectivity index (χ1) is 16.0. The number of fused-ring (bicyclic) bond motifs is 2. The van der Waals surface area contributed by atoms with E-state index < -0.39 is 0 Å². The zero-order valence-corrected chi connectivity index (χ0v) is 21.1. The number of benzene rings is 3. The predicted octanol–water partition coefficient (Wildman–Crippen LogP) is 8.60. The van der Waals surface area contributed by atoms with Crippen molar-refractivity contribution in [2.24, 2.45) is 0 Å². The molecular weight excluding hydrogens is 420 g/mol. The van der Waals surface area contributed by atoms with Gasteiger partial charge in [0, 0.05) is 11.0 Å². The summed E-state index contributed by atoms with van der Waals surface area (Å²) >= 11 is 0. The highest BCUT2D eigenvalue weighted by molar-refractivity contribution is 5.86. The third-order valence-electron chi connectivity index (χ3n) is 6.84. The van der Waals surface area contributed by atoms with Crippen molar-refractivity contribution in [3.63, 3.8) is 0 Å². The van der Waals surface area contributed by atoms with Crippen LogP contribution in [0.5, 0.6) is 0 Å². The van der Waals surface area contributed by atoms with Crippen molar-refractivity contribution in [2.75, 3.05) is 0 Å². The molecule has 0 radical (unpaired) electrons. The lowest BCUT2D eigenvalue weighted by molar-refractivity contribution is 0.411. The molecule has 0 aliphatic carbocycles. The number of oxazole rings is 2. The number of hydrogen-bond donors (Lipinski definition) is 0. The quantitative estimate of drug-likeness (QED) is 0.274. The molecule has 0 atom stereocenters. The molecule has 3 aromatic carbocycles. The maximum Gasteiger partial charge on any atom is 0.227 e. The minimum Gasteiger partial charge on any atom is -0.440 e. The molecule has 0 saturated carbocycles. The predicted molar refractivity (Wildman–Crippen MR) is 139 cm³/mol. The number of aryl methyl sites for hydroxylation is 1. The highest BCUT2D eigenvalue weighted by atomic mass is 16.4. The Morgan fingerprint density at radius 2 is 1.29 bits per heavy atom. The number of nitrogens with zero attached hydrogens (tertiary/aromatic N) is 2. The maximum atomic E-state index is 6.12. The van der Waals surface area contributed by atoms with E-state index in [9.17, 15) is 0 Å². The zero-order chi connectivity index (χ0) is 24.3. The van der Waals surface area contributed by atoms with Crippen molar-refractivity contribution in [2.45, 2.75) is 65.7 Å². The average Bonchev–Trinajstić information content (AvgIpc) is 3.42. The van der Waals surface area contributed by atoms with Crippen LogP contribution in [0, 0.1) is 6.92 Å². The van der Waals surface area contributed by atoms with E-state index in [1.807, 2.05) is 12.1 Å². The van der Waals surface area contributed by atoms with Gasteiger partial charge in [-0.2, -0.15) is 0 Å². The Balaban J connectivity index is 1.50. The molecule has 0 amide bonds. The lowest BCUT2D eigenvalue weighted by Crippen LogP contribution is -2.16. The third kappa shape index (κ3) is 3.91. The van der Waals surface area contributed by atoms with Crippen molar-refractivity contribution >= 4 is 22.2 Å². The molecule has 0 N–H and O–H groups in total. The summed E-state index contributed by atoms with van der Waals surface area (Å²) in [6.45, 7) is 15.3. The summed E-state index contributed by atoms with van der Waals surface area (Å²) in [4.78, 5) is 9.53. The zero-order valence-electron chi connectivity index (χ0n) is 21.1. The first kappa shape index (κ1) is 22.4. The van der Waals surface area contributed by atoms with E-state index in [2.05, 4.69) is 90.9 Å². The average molecular weight is 453 g/mol. The monoisotopic (exact) mass is 452 g/mol. The lowest BCUT2D eigenvalue weighted by Gasteiger charge is -2.25. The minimum absolute atomic E-state index is 0.127. The largest absolute Gasteiger partial charge is 0.440 e. The molecule has 0 spiro atoms. The van der Waals surface area contributed by atoms with Crippen LogP contribution in [0.3, 0.4) is 0 Å². The van der Waals surface area contributed by atoms with Gasteiger partial charge in [0.25, 0.3) is 0 Å². The van der Waals surface area contributed by atoms with Crippen LogP contribution >= 0.6 is 0 Å². The third-order valence-corrected chi connectivity index (χ3v) is 6.84. The van der Waals surface area contributed by atoms with Gasteiger partial charge in [-0.15, -0.1) is 0 Å². The molecule has 2 heterocycles. The fourth-order valence-corrected chi connectivity index (χ4v) is 4.40. The normalized spacial score (nSPS) is 12.7. The minimum atomic E-state index is -0.127. The highest BCUT2D eigenvalue weighted by Gasteiger charge is 2.22. The van der Waals surface area contributed by atoms with Crippen LogP contribution in [0.25, 0.3) is 44.8 Å². The molecule has 0 bridgehead atoms. The van der Waals surface area contributed by atoms with Crippen LogP contribution < -0.4 is 0 Å². The Kier molecular flexibility index (Phi) is 5.16. The van der Waals surface area contributed by atoms with Crippen LogP contribution in [0.2, 0.25) is 0 Å². The Morgan fingerprint density at radius 3 is 1.88 bits per heavy atom. The fraction of sp³-hybridized carbons (Fsp3) is 0.333. The summed E-state index contributed by atoms with van der Waals surface area (Å²) in [5.74, 6) is 1.40. The molecule has 5 aromatic rings. The van der Waals surface area contributed by atoms with Gasteiger partial charge in [0.2, 0.25) is 11.8 Å². The standard InChI is InChI=1S/C30H32N2O2/c1-8-30(6,7)22-12-9-21(15-18(22)2)27-31-23-16-19(10-13-25(23)33-27)20-11-14-26-24(17-20)32-28(34-26)29(3,4)5/h9-17H,8H2,1-7H3. The second-order valence-electron chi connectivity index (χ2n) is 10.9. The Labute approximate surface area is 201 Å². The van der Waals surface area contributed by atoms with Crippen LogP contribution in [-0.2, 0) is 10.8 Å². The smallest absolute Gasteiger partial charge is 0.227 e. The van der Waals surface area contributed by atoms with Gasteiger partial charge in [0.15, 0.2) is 11.2 Å². The van der Waals surface area contributed by atoms with Crippen LogP contribution in [0.15, 0.2) is 63.4 Å². The van der Waals surface area contributed by atoms with Gasteiger partial charge in [-0.05, 0) is 77.4 Å². The molecule has 0 saturated heterocycles. The molecule has 0 aliphatic rings. The molecule has 174 valence electrons. The van der Waals surface area contributed by atoms with Gasteiger partial charge in [-0.3, -0.25) is 0 Å². The molecule has 0 fully saturated rings. The molecule has 5 rings (SSSR count). The summed E-state index contributed by atoms with van der Waals surface area (Å²) in [5, 5.41) is 0. The fourth-order valence-electron chi connectivity index (χ4n) is 4.40. The van der Waals surface area contributed by atoms with E-state index in [0.29, 0.717) is 5.89 Å². The van der Waals surface area contributed by atoms with Gasteiger partial charge in [0.05, 0.1) is 0 Å². The molecule has 34 heavy (non-hydrogen) atoms. The van der Waals surface area contributed by atoms with Gasteiger partial charge in [-0.1, -0.05) is 59.7 Å². The molecule has 0 aliphatic heterocycles. The Morgan fingerprint density at radius 1 is 0.706 bits per heavy atom. The van der Waals surface area contributed by atoms with E-state index in [4.69, 9.17) is 18.8 Å². The van der Waals surface area contributed by atoms with E-state index >= 15 is 0 Å². The Hall–Kier alpha value is -3.40. The lowest BCUT2D eigenvalue weighted by atomic mass is 9.79. The number of hydrogen-bond acceptors (Lipinski definition) is 4. The summed E-state index contributed by atoms with van der Waals surface area (Å²) in [5.41, 5.74) is 9.13. The molecule has 2 aromatic heterocycles. The van der Waals surface area contributed by atoms with Gasteiger partial charge < -0.3 is 8.83 Å². The van der Waals surface area contributed by atoms with Crippen molar-refractivity contribution in [1.82, 2.24) is 9.97 Å². The van der Waals surface area contributed by atoms with Gasteiger partial charge in [0.1, 0.15) is 11.0 Å². The SMILES string of the molecule is CCC(C)(C)c1ccc(-c2nc3cc(-c4ccc5oc(C(C)(C)C)nc5c4)ccc3o2)cc1C. The second-order valence-corrected chi connectivity index (χ2v) is 10.9. The van der Waals surface area contributed by atoms with E-state index in [1.54, 1.807) is 0 Å². The first-order valence-electron chi connectivity index (χ1n) is 12.0. The molecule has 4 nitrogen and oxygen atoms in total. The van der Waals surface area contributed by atoms with Gasteiger partial charge in [-0.25, -0.2) is 9.97 Å². The van der Waals surface area contributed by atoms with Crippen molar-refractivity contribution in [1.29, 1.82) is 0 Å². The summed E-state index contributed by atoms with van der Waals surface area (Å²) in [6.07, 6.45) is 1.09. The molecular formula is C30H32N2O2. The molecule has 0 unspecified atom stereocenters. The Bertz CT molecular complexity index is 1510. The van der Waals surface area contributed by atoms with Crippen LogP contribution in [-0.4, -0.2) is 9.97 Å². The summed E-state index contributed by atoms with van der Waals surface area (Å²) in [7, 11) is 0. The summed E-state index contributed by atoms with van der Waals surface area (Å²) < 4.78 is 12.1. The maximum absolute atomic E-state index is 6.12. The van der Waals surface area contributed by atoms with E-state index in [1.165, 1.54) is 11.1 Å². The summed E-state index contributed by atoms with van der Waals surface area (Å²) in [6, 6.07) is 18.8. The van der Waals surface area contributed by atoms with Crippen LogP contribution in [0.1, 0.15) is 65.0 Å². The van der Waals surface area contributed by atoms with E-state index in [0.717, 1.165) is 51.2 Å². The van der Waals surface area contributed by atoms with Crippen molar-refractivity contribution in [3.05, 3.63) is 71.6 Å². The first-order valence-corrected chi connectivity index (χ1v) is 12.0.